The number of carbonyl (C=O) groups excluding carboxylic acids is 3. The molecule has 0 aromatic rings. The summed E-state index contributed by atoms with van der Waals surface area (Å²) in [7, 11) is 0. The summed E-state index contributed by atoms with van der Waals surface area (Å²) in [4.78, 5) is 38.3. The normalized spacial score (nSPS) is 12.2. The molecular formula is C70H130O6. The van der Waals surface area contributed by atoms with Gasteiger partial charge in [0.25, 0.3) is 0 Å². The second-order valence-corrected chi connectivity index (χ2v) is 23.1. The van der Waals surface area contributed by atoms with Crippen molar-refractivity contribution in [2.45, 2.75) is 380 Å². The molecule has 1 unspecified atom stereocenters. The van der Waals surface area contributed by atoms with E-state index in [0.29, 0.717) is 19.3 Å². The number of hydrogen-bond donors (Lipinski definition) is 0. The molecule has 0 aliphatic carbocycles. The van der Waals surface area contributed by atoms with Crippen molar-refractivity contribution >= 4 is 17.9 Å². The number of allylic oxidation sites excluding steroid dienone is 6. The zero-order valence-electron chi connectivity index (χ0n) is 51.3. The van der Waals surface area contributed by atoms with Gasteiger partial charge in [-0.15, -0.1) is 0 Å². The van der Waals surface area contributed by atoms with Crippen molar-refractivity contribution in [2.75, 3.05) is 13.2 Å². The highest BCUT2D eigenvalue weighted by Gasteiger charge is 2.19. The summed E-state index contributed by atoms with van der Waals surface area (Å²) in [5.74, 6) is -0.859. The first kappa shape index (κ1) is 73.6. The molecule has 0 heterocycles. The lowest BCUT2D eigenvalue weighted by molar-refractivity contribution is -0.167. The standard InChI is InChI=1S/C70H130O6/c1-4-7-10-13-16-19-22-25-27-29-31-33-35-37-39-41-43-45-48-51-54-57-60-63-69(72)75-66-67(65-74-68(71)62-59-56-53-50-47-24-21-18-15-12-9-6-3)76-70(73)64-61-58-55-52-49-46-44-42-40-38-36-34-32-30-28-26-23-20-17-14-11-8-5-2/h18,21,29-32,67H,4-17,19-20,22-28,33-66H2,1-3H3/b21-18-,31-29-,32-30-. The molecule has 6 nitrogen and oxygen atoms in total. The van der Waals surface area contributed by atoms with Crippen LogP contribution < -0.4 is 0 Å². The average Bonchev–Trinajstić information content (AvgIpc) is 3.42. The van der Waals surface area contributed by atoms with E-state index >= 15 is 0 Å². The largest absolute Gasteiger partial charge is 0.462 e. The molecule has 0 aliphatic rings. The smallest absolute Gasteiger partial charge is 0.306 e. The number of esters is 3. The predicted octanol–water partition coefficient (Wildman–Crippen LogP) is 23.2. The highest BCUT2D eigenvalue weighted by atomic mass is 16.6. The van der Waals surface area contributed by atoms with Crippen LogP contribution in [0.15, 0.2) is 36.5 Å². The van der Waals surface area contributed by atoms with E-state index in [2.05, 4.69) is 57.2 Å². The van der Waals surface area contributed by atoms with Crippen molar-refractivity contribution in [3.63, 3.8) is 0 Å². The highest BCUT2D eigenvalue weighted by Crippen LogP contribution is 2.18. The Bertz CT molecular complexity index is 1270. The summed E-state index contributed by atoms with van der Waals surface area (Å²) in [6, 6.07) is 0. The van der Waals surface area contributed by atoms with Crippen LogP contribution in [0.3, 0.4) is 0 Å². The highest BCUT2D eigenvalue weighted by molar-refractivity contribution is 5.71. The molecule has 0 N–H and O–H groups in total. The van der Waals surface area contributed by atoms with E-state index in [1.54, 1.807) is 0 Å². The lowest BCUT2D eigenvalue weighted by atomic mass is 10.0. The zero-order chi connectivity index (χ0) is 55.0. The Balaban J connectivity index is 4.24. The summed E-state index contributed by atoms with van der Waals surface area (Å²) in [5, 5.41) is 0. The van der Waals surface area contributed by atoms with Gasteiger partial charge < -0.3 is 14.2 Å². The van der Waals surface area contributed by atoms with E-state index in [1.807, 2.05) is 0 Å². The number of unbranched alkanes of at least 4 members (excludes halogenated alkanes) is 46. The van der Waals surface area contributed by atoms with Crippen LogP contribution in [-0.2, 0) is 28.6 Å². The van der Waals surface area contributed by atoms with Crippen LogP contribution in [0.1, 0.15) is 374 Å². The Morgan fingerprint density at radius 3 is 0.684 bits per heavy atom. The Labute approximate surface area is 474 Å². The molecule has 0 aliphatic heterocycles. The van der Waals surface area contributed by atoms with Gasteiger partial charge >= 0.3 is 17.9 Å². The molecule has 0 aromatic heterocycles. The minimum atomic E-state index is -0.775. The van der Waals surface area contributed by atoms with Crippen molar-refractivity contribution in [3.05, 3.63) is 36.5 Å². The molecule has 6 heteroatoms. The molecule has 0 saturated heterocycles. The third kappa shape index (κ3) is 62.5. The van der Waals surface area contributed by atoms with Gasteiger partial charge in [0.05, 0.1) is 0 Å². The van der Waals surface area contributed by atoms with E-state index < -0.39 is 6.10 Å². The molecule has 0 saturated carbocycles. The summed E-state index contributed by atoms with van der Waals surface area (Å²) in [6.07, 6.45) is 80.2. The van der Waals surface area contributed by atoms with Crippen LogP contribution in [0.2, 0.25) is 0 Å². The third-order valence-corrected chi connectivity index (χ3v) is 15.3. The van der Waals surface area contributed by atoms with E-state index in [-0.39, 0.29) is 31.1 Å². The first-order valence-corrected chi connectivity index (χ1v) is 34.0. The van der Waals surface area contributed by atoms with Crippen LogP contribution >= 0.6 is 0 Å². The van der Waals surface area contributed by atoms with Gasteiger partial charge in [-0.3, -0.25) is 14.4 Å². The van der Waals surface area contributed by atoms with E-state index in [4.69, 9.17) is 14.2 Å². The fourth-order valence-electron chi connectivity index (χ4n) is 10.2. The van der Waals surface area contributed by atoms with Crippen molar-refractivity contribution in [1.82, 2.24) is 0 Å². The first-order valence-electron chi connectivity index (χ1n) is 34.0. The molecule has 0 radical (unpaired) electrons. The van der Waals surface area contributed by atoms with Crippen LogP contribution in [0.5, 0.6) is 0 Å². The van der Waals surface area contributed by atoms with Crippen LogP contribution in [0, 0.1) is 0 Å². The predicted molar refractivity (Wildman–Crippen MR) is 330 cm³/mol. The van der Waals surface area contributed by atoms with Gasteiger partial charge in [-0.05, 0) is 96.3 Å². The molecule has 446 valence electrons. The van der Waals surface area contributed by atoms with E-state index in [0.717, 1.165) is 64.2 Å². The third-order valence-electron chi connectivity index (χ3n) is 15.3. The summed E-state index contributed by atoms with van der Waals surface area (Å²) < 4.78 is 17.0. The summed E-state index contributed by atoms with van der Waals surface area (Å²) >= 11 is 0. The van der Waals surface area contributed by atoms with Crippen molar-refractivity contribution in [3.8, 4) is 0 Å². The molecule has 0 bridgehead atoms. The second kappa shape index (κ2) is 65.2. The minimum absolute atomic E-state index is 0.0720. The number of ether oxygens (including phenoxy) is 3. The monoisotopic (exact) mass is 1070 g/mol. The zero-order valence-corrected chi connectivity index (χ0v) is 51.3. The lowest BCUT2D eigenvalue weighted by Gasteiger charge is -2.18. The summed E-state index contributed by atoms with van der Waals surface area (Å²) in [6.45, 7) is 6.67. The number of carbonyl (C=O) groups is 3. The van der Waals surface area contributed by atoms with Gasteiger partial charge in [0.15, 0.2) is 6.10 Å². The second-order valence-electron chi connectivity index (χ2n) is 23.1. The summed E-state index contributed by atoms with van der Waals surface area (Å²) in [5.41, 5.74) is 0. The molecular weight excluding hydrogens is 937 g/mol. The molecule has 0 fully saturated rings. The van der Waals surface area contributed by atoms with Crippen LogP contribution in [-0.4, -0.2) is 37.2 Å². The molecule has 1 atom stereocenters. The molecule has 0 spiro atoms. The number of rotatable bonds is 63. The fraction of sp³-hybridized carbons (Fsp3) is 0.871. The van der Waals surface area contributed by atoms with Gasteiger partial charge in [0.2, 0.25) is 0 Å². The van der Waals surface area contributed by atoms with Gasteiger partial charge in [-0.1, -0.05) is 295 Å². The minimum Gasteiger partial charge on any atom is -0.462 e. The Kier molecular flexibility index (Phi) is 63.1. The van der Waals surface area contributed by atoms with Crippen molar-refractivity contribution in [2.24, 2.45) is 0 Å². The fourth-order valence-corrected chi connectivity index (χ4v) is 10.2. The maximum atomic E-state index is 12.9. The molecule has 0 amide bonds. The maximum Gasteiger partial charge on any atom is 0.306 e. The maximum absolute atomic E-state index is 12.9. The van der Waals surface area contributed by atoms with E-state index in [1.165, 1.54) is 270 Å². The Morgan fingerprint density at radius 1 is 0.250 bits per heavy atom. The van der Waals surface area contributed by atoms with Crippen molar-refractivity contribution in [1.29, 1.82) is 0 Å². The molecule has 0 rings (SSSR count). The average molecular weight is 1070 g/mol. The first-order chi connectivity index (χ1) is 37.5. The van der Waals surface area contributed by atoms with Gasteiger partial charge in [0, 0.05) is 19.3 Å². The SMILES string of the molecule is CCCCC/C=C\CCCCCCCC(=O)OCC(COC(=O)CCCCCCCCCCCCC/C=C\CCCCCCCCCC)OC(=O)CCCCCCCCCCCCC/C=C\CCCCCCCCCC. The Morgan fingerprint density at radius 2 is 0.434 bits per heavy atom. The molecule has 76 heavy (non-hydrogen) atoms. The van der Waals surface area contributed by atoms with Crippen molar-refractivity contribution < 1.29 is 28.6 Å². The van der Waals surface area contributed by atoms with Crippen LogP contribution in [0.25, 0.3) is 0 Å². The van der Waals surface area contributed by atoms with Gasteiger partial charge in [-0.25, -0.2) is 0 Å². The topological polar surface area (TPSA) is 78.9 Å². The molecule has 0 aromatic carbocycles. The Hall–Kier alpha value is -2.37. The quantitative estimate of drug-likeness (QED) is 0.0261. The lowest BCUT2D eigenvalue weighted by Crippen LogP contribution is -2.30. The number of hydrogen-bond acceptors (Lipinski definition) is 6. The van der Waals surface area contributed by atoms with Gasteiger partial charge in [-0.2, -0.15) is 0 Å². The van der Waals surface area contributed by atoms with Gasteiger partial charge in [0.1, 0.15) is 13.2 Å². The van der Waals surface area contributed by atoms with Crippen LogP contribution in [0.4, 0.5) is 0 Å². The van der Waals surface area contributed by atoms with E-state index in [9.17, 15) is 14.4 Å².